The topological polar surface area (TPSA) is 58.1 Å². The van der Waals surface area contributed by atoms with Gasteiger partial charge in [-0.3, -0.25) is 4.79 Å². The lowest BCUT2D eigenvalue weighted by Crippen LogP contribution is -2.33. The molecule has 0 radical (unpaired) electrons. The lowest BCUT2D eigenvalue weighted by molar-refractivity contribution is 0.0749. The van der Waals surface area contributed by atoms with Crippen molar-refractivity contribution >= 4 is 29.0 Å². The van der Waals surface area contributed by atoms with Crippen molar-refractivity contribution in [2.24, 2.45) is 0 Å². The largest absolute Gasteiger partial charge is 0.339 e. The van der Waals surface area contributed by atoms with Crippen molar-refractivity contribution in [3.8, 4) is 0 Å². The summed E-state index contributed by atoms with van der Waals surface area (Å²) < 4.78 is 0. The SMILES string of the molecule is CCCN(CCC)C(=O)c1cnc(Nc2cc(Cl)ccc2C)cn1. The fourth-order valence-electron chi connectivity index (χ4n) is 2.39. The lowest BCUT2D eigenvalue weighted by atomic mass is 10.2. The predicted octanol–water partition coefficient (Wildman–Crippen LogP) is 4.44. The first-order valence-electron chi connectivity index (χ1n) is 8.19. The number of hydrogen-bond donors (Lipinski definition) is 1. The Labute approximate surface area is 148 Å². The summed E-state index contributed by atoms with van der Waals surface area (Å²) in [5.41, 5.74) is 2.29. The molecule has 0 saturated carbocycles. The van der Waals surface area contributed by atoms with E-state index in [2.05, 4.69) is 29.1 Å². The highest BCUT2D eigenvalue weighted by molar-refractivity contribution is 6.30. The number of aromatic nitrogens is 2. The summed E-state index contributed by atoms with van der Waals surface area (Å²) in [6, 6.07) is 5.61. The molecular weight excluding hydrogens is 324 g/mol. The van der Waals surface area contributed by atoms with Gasteiger partial charge < -0.3 is 10.2 Å². The van der Waals surface area contributed by atoms with E-state index in [0.29, 0.717) is 16.5 Å². The number of amides is 1. The molecule has 2 aromatic rings. The highest BCUT2D eigenvalue weighted by atomic mass is 35.5. The molecule has 128 valence electrons. The van der Waals surface area contributed by atoms with Crippen LogP contribution in [0.5, 0.6) is 0 Å². The Morgan fingerprint density at radius 3 is 2.46 bits per heavy atom. The number of nitrogens with one attached hydrogen (secondary N) is 1. The van der Waals surface area contributed by atoms with Gasteiger partial charge in [0.25, 0.3) is 5.91 Å². The molecule has 6 heteroatoms. The summed E-state index contributed by atoms with van der Waals surface area (Å²) in [4.78, 5) is 22.9. The second-order valence-electron chi connectivity index (χ2n) is 5.66. The first kappa shape index (κ1) is 18.2. The minimum Gasteiger partial charge on any atom is -0.339 e. The Kier molecular flexibility index (Phi) is 6.55. The molecule has 0 aliphatic heterocycles. The number of aryl methyl sites for hydroxylation is 1. The highest BCUT2D eigenvalue weighted by Gasteiger charge is 2.16. The Morgan fingerprint density at radius 1 is 1.17 bits per heavy atom. The van der Waals surface area contributed by atoms with Gasteiger partial charge in [0.05, 0.1) is 12.4 Å². The molecule has 0 atom stereocenters. The number of anilines is 2. The van der Waals surface area contributed by atoms with Crippen LogP contribution in [0.15, 0.2) is 30.6 Å². The molecule has 0 spiro atoms. The summed E-state index contributed by atoms with van der Waals surface area (Å²) in [7, 11) is 0. The molecule has 5 nitrogen and oxygen atoms in total. The van der Waals surface area contributed by atoms with Crippen molar-refractivity contribution in [2.75, 3.05) is 18.4 Å². The van der Waals surface area contributed by atoms with Crippen LogP contribution in [0.25, 0.3) is 0 Å². The Hall–Kier alpha value is -2.14. The van der Waals surface area contributed by atoms with Gasteiger partial charge in [0.2, 0.25) is 0 Å². The number of hydrogen-bond acceptors (Lipinski definition) is 4. The van der Waals surface area contributed by atoms with Crippen LogP contribution >= 0.6 is 11.6 Å². The normalized spacial score (nSPS) is 10.5. The van der Waals surface area contributed by atoms with Crippen LogP contribution < -0.4 is 5.32 Å². The van der Waals surface area contributed by atoms with E-state index in [1.807, 2.05) is 30.0 Å². The second-order valence-corrected chi connectivity index (χ2v) is 6.10. The second kappa shape index (κ2) is 8.64. The predicted molar refractivity (Wildman–Crippen MR) is 98.0 cm³/mol. The van der Waals surface area contributed by atoms with Crippen LogP contribution in [-0.2, 0) is 0 Å². The molecule has 1 amide bonds. The maximum atomic E-state index is 12.5. The van der Waals surface area contributed by atoms with Gasteiger partial charge in [0, 0.05) is 23.8 Å². The smallest absolute Gasteiger partial charge is 0.274 e. The molecule has 2 rings (SSSR count). The van der Waals surface area contributed by atoms with Gasteiger partial charge >= 0.3 is 0 Å². The fraction of sp³-hybridized carbons (Fsp3) is 0.389. The van der Waals surface area contributed by atoms with Gasteiger partial charge in [-0.05, 0) is 37.5 Å². The fourth-order valence-corrected chi connectivity index (χ4v) is 2.56. The van der Waals surface area contributed by atoms with Gasteiger partial charge in [-0.1, -0.05) is 31.5 Å². The van der Waals surface area contributed by atoms with Crippen LogP contribution in [0.3, 0.4) is 0 Å². The van der Waals surface area contributed by atoms with Gasteiger partial charge in [0.15, 0.2) is 0 Å². The van der Waals surface area contributed by atoms with Gasteiger partial charge in [0.1, 0.15) is 11.5 Å². The van der Waals surface area contributed by atoms with E-state index >= 15 is 0 Å². The third-order valence-corrected chi connectivity index (χ3v) is 3.84. The molecule has 0 aliphatic rings. The third kappa shape index (κ3) is 4.68. The Bertz CT molecular complexity index is 682. The molecular formula is C18H23ClN4O. The maximum Gasteiger partial charge on any atom is 0.274 e. The Morgan fingerprint density at radius 2 is 1.88 bits per heavy atom. The number of benzene rings is 1. The first-order valence-corrected chi connectivity index (χ1v) is 8.57. The van der Waals surface area contributed by atoms with E-state index < -0.39 is 0 Å². The Balaban J connectivity index is 2.12. The molecule has 1 aromatic carbocycles. The molecule has 0 saturated heterocycles. The maximum absolute atomic E-state index is 12.5. The zero-order valence-electron chi connectivity index (χ0n) is 14.3. The minimum atomic E-state index is -0.0725. The zero-order chi connectivity index (χ0) is 17.5. The van der Waals surface area contributed by atoms with Gasteiger partial charge in [-0.15, -0.1) is 0 Å². The minimum absolute atomic E-state index is 0.0725. The highest BCUT2D eigenvalue weighted by Crippen LogP contribution is 2.23. The van der Waals surface area contributed by atoms with E-state index in [9.17, 15) is 4.79 Å². The average Bonchev–Trinajstić information content (AvgIpc) is 2.58. The zero-order valence-corrected chi connectivity index (χ0v) is 15.1. The summed E-state index contributed by atoms with van der Waals surface area (Å²) in [5, 5.41) is 3.83. The van der Waals surface area contributed by atoms with Crippen molar-refractivity contribution in [3.05, 3.63) is 46.9 Å². The summed E-state index contributed by atoms with van der Waals surface area (Å²) in [6.07, 6.45) is 4.94. The lowest BCUT2D eigenvalue weighted by Gasteiger charge is -2.20. The van der Waals surface area contributed by atoms with E-state index in [0.717, 1.165) is 37.2 Å². The number of carbonyl (C=O) groups excluding carboxylic acids is 1. The van der Waals surface area contributed by atoms with E-state index in [1.165, 1.54) is 6.20 Å². The summed E-state index contributed by atoms with van der Waals surface area (Å²) >= 11 is 6.02. The van der Waals surface area contributed by atoms with Crippen LogP contribution in [0, 0.1) is 6.92 Å². The van der Waals surface area contributed by atoms with Gasteiger partial charge in [-0.25, -0.2) is 9.97 Å². The molecule has 1 heterocycles. The van der Waals surface area contributed by atoms with Crippen LogP contribution in [0.2, 0.25) is 5.02 Å². The third-order valence-electron chi connectivity index (χ3n) is 3.61. The quantitative estimate of drug-likeness (QED) is 0.805. The van der Waals surface area contributed by atoms with Crippen molar-refractivity contribution in [1.29, 1.82) is 0 Å². The molecule has 24 heavy (non-hydrogen) atoms. The van der Waals surface area contributed by atoms with Crippen LogP contribution in [-0.4, -0.2) is 33.9 Å². The number of rotatable bonds is 7. The molecule has 0 bridgehead atoms. The van der Waals surface area contributed by atoms with Crippen molar-refractivity contribution < 1.29 is 4.79 Å². The van der Waals surface area contributed by atoms with E-state index in [1.54, 1.807) is 6.20 Å². The standard InChI is InChI=1S/C18H23ClN4O/c1-4-8-23(9-5-2)18(24)16-11-21-17(12-20-16)22-15-10-14(19)7-6-13(15)3/h6-7,10-12H,4-5,8-9H2,1-3H3,(H,21,22). The van der Waals surface area contributed by atoms with E-state index in [-0.39, 0.29) is 5.91 Å². The number of nitrogens with zero attached hydrogens (tertiary/aromatic N) is 3. The number of halogens is 1. The first-order chi connectivity index (χ1) is 11.5. The molecule has 0 fully saturated rings. The summed E-state index contributed by atoms with van der Waals surface area (Å²) in [6.45, 7) is 7.56. The molecule has 0 aliphatic carbocycles. The average molecular weight is 347 g/mol. The molecule has 1 N–H and O–H groups in total. The van der Waals surface area contributed by atoms with Crippen LogP contribution in [0.1, 0.15) is 42.7 Å². The summed E-state index contributed by atoms with van der Waals surface area (Å²) in [5.74, 6) is 0.506. The van der Waals surface area contributed by atoms with Crippen LogP contribution in [0.4, 0.5) is 11.5 Å². The van der Waals surface area contributed by atoms with Gasteiger partial charge in [-0.2, -0.15) is 0 Å². The van der Waals surface area contributed by atoms with Crippen molar-refractivity contribution in [2.45, 2.75) is 33.6 Å². The van der Waals surface area contributed by atoms with E-state index in [4.69, 9.17) is 11.6 Å². The van der Waals surface area contributed by atoms with Crippen molar-refractivity contribution in [1.82, 2.24) is 14.9 Å². The number of carbonyl (C=O) groups is 1. The van der Waals surface area contributed by atoms with Crippen molar-refractivity contribution in [3.63, 3.8) is 0 Å². The molecule has 1 aromatic heterocycles. The molecule has 0 unspecified atom stereocenters. The monoisotopic (exact) mass is 346 g/mol.